The summed E-state index contributed by atoms with van der Waals surface area (Å²) in [4.78, 5) is 24.4. The predicted molar refractivity (Wildman–Crippen MR) is 83.2 cm³/mol. The lowest BCUT2D eigenvalue weighted by atomic mass is 9.96. The molecule has 3 rings (SSSR count). The first-order valence-corrected chi connectivity index (χ1v) is 8.35. The lowest BCUT2D eigenvalue weighted by Crippen LogP contribution is -2.51. The van der Waals surface area contributed by atoms with E-state index in [1.807, 2.05) is 11.1 Å². The average Bonchev–Trinajstić information content (AvgIpc) is 3.18. The van der Waals surface area contributed by atoms with Gasteiger partial charge in [-0.1, -0.05) is 19.8 Å². The number of carbonyl (C=O) groups excluding carboxylic acids is 1. The molecule has 2 heterocycles. The Hall–Kier alpha value is -1.40. The van der Waals surface area contributed by atoms with Gasteiger partial charge >= 0.3 is 0 Å². The highest BCUT2D eigenvalue weighted by molar-refractivity contribution is 5.77. The van der Waals surface area contributed by atoms with Gasteiger partial charge in [0.1, 0.15) is 5.82 Å². The number of amides is 1. The summed E-state index contributed by atoms with van der Waals surface area (Å²) in [6.07, 6.45) is 7.43. The maximum Gasteiger partial charge on any atom is 0.225 e. The van der Waals surface area contributed by atoms with Crippen LogP contribution in [0.1, 0.15) is 50.9 Å². The van der Waals surface area contributed by atoms with E-state index in [-0.39, 0.29) is 18.4 Å². The Bertz CT molecular complexity index is 496. The zero-order valence-electron chi connectivity index (χ0n) is 13.3. The molecule has 1 saturated heterocycles. The third-order valence-corrected chi connectivity index (χ3v) is 5.10. The molecule has 2 N–H and O–H groups in total. The number of aromatic nitrogens is 2. The summed E-state index contributed by atoms with van der Waals surface area (Å²) in [5.41, 5.74) is -0.765. The number of carbonyl (C=O) groups is 1. The molecule has 1 aliphatic carbocycles. The summed E-state index contributed by atoms with van der Waals surface area (Å²) >= 11 is 0. The molecule has 6 nitrogen and oxygen atoms in total. The van der Waals surface area contributed by atoms with Crippen molar-refractivity contribution in [2.75, 3.05) is 26.2 Å². The van der Waals surface area contributed by atoms with Crippen LogP contribution in [-0.2, 0) is 4.79 Å². The van der Waals surface area contributed by atoms with Crippen LogP contribution in [-0.4, -0.2) is 62.6 Å². The van der Waals surface area contributed by atoms with Crippen molar-refractivity contribution in [3.63, 3.8) is 0 Å². The van der Waals surface area contributed by atoms with E-state index in [4.69, 9.17) is 0 Å². The number of rotatable bonds is 4. The molecule has 1 aromatic rings. The number of aliphatic hydroxyl groups is 1. The average molecular weight is 306 g/mol. The van der Waals surface area contributed by atoms with Crippen LogP contribution in [0.5, 0.6) is 0 Å². The molecule has 1 amide bonds. The molecule has 2 fully saturated rings. The van der Waals surface area contributed by atoms with Gasteiger partial charge in [0.2, 0.25) is 5.91 Å². The van der Waals surface area contributed by atoms with Crippen LogP contribution in [0.2, 0.25) is 0 Å². The van der Waals surface area contributed by atoms with Gasteiger partial charge in [-0.3, -0.25) is 9.69 Å². The quantitative estimate of drug-likeness (QED) is 0.880. The second-order valence-corrected chi connectivity index (χ2v) is 6.57. The van der Waals surface area contributed by atoms with Gasteiger partial charge in [0.05, 0.1) is 18.1 Å². The minimum absolute atomic E-state index is 0.0803. The Balaban J connectivity index is 1.66. The summed E-state index contributed by atoms with van der Waals surface area (Å²) in [6.45, 7) is 5.31. The molecule has 0 spiro atoms. The summed E-state index contributed by atoms with van der Waals surface area (Å²) in [5, 5.41) is 10.5. The molecule has 0 unspecified atom stereocenters. The highest BCUT2D eigenvalue weighted by atomic mass is 16.3. The number of imidazole rings is 1. The normalized spacial score (nSPS) is 25.5. The van der Waals surface area contributed by atoms with Gasteiger partial charge in [-0.15, -0.1) is 0 Å². The molecule has 2 aliphatic rings. The number of H-pyrrole nitrogens is 1. The zero-order chi connectivity index (χ0) is 15.6. The largest absolute Gasteiger partial charge is 0.389 e. The van der Waals surface area contributed by atoms with E-state index in [0.29, 0.717) is 6.54 Å². The molecule has 1 aromatic heterocycles. The molecule has 6 heteroatoms. The number of likely N-dealkylation sites (N-methyl/N-ethyl adjacent to an activating group) is 1. The van der Waals surface area contributed by atoms with Gasteiger partial charge in [0.15, 0.2) is 0 Å². The second kappa shape index (κ2) is 6.38. The van der Waals surface area contributed by atoms with E-state index < -0.39 is 5.60 Å². The Morgan fingerprint density at radius 1 is 1.45 bits per heavy atom. The van der Waals surface area contributed by atoms with Crippen LogP contribution < -0.4 is 0 Å². The smallest absolute Gasteiger partial charge is 0.225 e. The van der Waals surface area contributed by atoms with Crippen molar-refractivity contribution < 1.29 is 9.90 Å². The first-order chi connectivity index (χ1) is 10.6. The number of hydrogen-bond acceptors (Lipinski definition) is 4. The number of hydrogen-bond donors (Lipinski definition) is 2. The van der Waals surface area contributed by atoms with Crippen LogP contribution in [0.3, 0.4) is 0 Å². The molecule has 1 saturated carbocycles. The first kappa shape index (κ1) is 15.5. The highest BCUT2D eigenvalue weighted by Gasteiger charge is 2.37. The first-order valence-electron chi connectivity index (χ1n) is 8.35. The van der Waals surface area contributed by atoms with Gasteiger partial charge in [-0.05, 0) is 19.4 Å². The van der Waals surface area contributed by atoms with Crippen LogP contribution >= 0.6 is 0 Å². The van der Waals surface area contributed by atoms with E-state index in [0.717, 1.165) is 51.1 Å². The molecule has 0 aromatic carbocycles. The molecule has 122 valence electrons. The Kier molecular flexibility index (Phi) is 4.49. The lowest BCUT2D eigenvalue weighted by Gasteiger charge is -2.40. The molecular weight excluding hydrogens is 280 g/mol. The van der Waals surface area contributed by atoms with Crippen LogP contribution in [0.4, 0.5) is 0 Å². The van der Waals surface area contributed by atoms with E-state index in [1.165, 1.54) is 0 Å². The molecule has 1 aliphatic heterocycles. The van der Waals surface area contributed by atoms with E-state index >= 15 is 0 Å². The summed E-state index contributed by atoms with van der Waals surface area (Å²) in [5.74, 6) is 0.996. The topological polar surface area (TPSA) is 72.5 Å². The summed E-state index contributed by atoms with van der Waals surface area (Å²) in [7, 11) is 0. The number of nitrogens with one attached hydrogen (secondary N) is 1. The van der Waals surface area contributed by atoms with Crippen molar-refractivity contribution in [2.45, 2.75) is 50.7 Å². The lowest BCUT2D eigenvalue weighted by molar-refractivity contribution is -0.139. The minimum atomic E-state index is -0.765. The van der Waals surface area contributed by atoms with Gasteiger partial charge in [-0.2, -0.15) is 0 Å². The van der Waals surface area contributed by atoms with Gasteiger partial charge in [-0.25, -0.2) is 4.98 Å². The van der Waals surface area contributed by atoms with Gasteiger partial charge in [0, 0.05) is 32.0 Å². The fourth-order valence-corrected chi connectivity index (χ4v) is 3.75. The maximum absolute atomic E-state index is 12.6. The van der Waals surface area contributed by atoms with Crippen molar-refractivity contribution in [3.05, 3.63) is 18.2 Å². The van der Waals surface area contributed by atoms with Gasteiger partial charge < -0.3 is 15.0 Å². The van der Waals surface area contributed by atoms with Crippen molar-refractivity contribution >= 4 is 5.91 Å². The molecule has 0 bridgehead atoms. The van der Waals surface area contributed by atoms with Crippen molar-refractivity contribution in [1.29, 1.82) is 0 Å². The van der Waals surface area contributed by atoms with Crippen LogP contribution in [0.25, 0.3) is 0 Å². The fourth-order valence-electron chi connectivity index (χ4n) is 3.75. The maximum atomic E-state index is 12.6. The Labute approximate surface area is 131 Å². The number of piperazine rings is 1. The Morgan fingerprint density at radius 2 is 2.23 bits per heavy atom. The van der Waals surface area contributed by atoms with Gasteiger partial charge in [0.25, 0.3) is 0 Å². The molecule has 0 radical (unpaired) electrons. The minimum Gasteiger partial charge on any atom is -0.389 e. The third kappa shape index (κ3) is 3.17. The van der Waals surface area contributed by atoms with Crippen LogP contribution in [0.15, 0.2) is 12.4 Å². The SMILES string of the molecule is CCN1CCN(C(=O)CC2(O)CCCC2)C[C@H]1c1ncc[nH]1. The number of nitrogens with zero attached hydrogens (tertiary/aromatic N) is 3. The predicted octanol–water partition coefficient (Wildman–Crippen LogP) is 1.31. The monoisotopic (exact) mass is 306 g/mol. The van der Waals surface area contributed by atoms with Crippen molar-refractivity contribution in [2.24, 2.45) is 0 Å². The zero-order valence-corrected chi connectivity index (χ0v) is 13.3. The van der Waals surface area contributed by atoms with Crippen molar-refractivity contribution in [3.8, 4) is 0 Å². The molecule has 1 atom stereocenters. The van der Waals surface area contributed by atoms with Crippen molar-refractivity contribution in [1.82, 2.24) is 19.8 Å². The van der Waals surface area contributed by atoms with E-state index in [9.17, 15) is 9.90 Å². The second-order valence-electron chi connectivity index (χ2n) is 6.57. The Morgan fingerprint density at radius 3 is 2.86 bits per heavy atom. The molecular formula is C16H26N4O2. The third-order valence-electron chi connectivity index (χ3n) is 5.10. The summed E-state index contributed by atoms with van der Waals surface area (Å²) < 4.78 is 0. The van der Waals surface area contributed by atoms with E-state index in [1.54, 1.807) is 6.20 Å². The standard InChI is InChI=1S/C16H26N4O2/c1-2-19-9-10-20(12-13(19)15-17-7-8-18-15)14(21)11-16(22)5-3-4-6-16/h7-8,13,22H,2-6,9-12H2,1H3,(H,17,18)/t13-/m0/s1. The number of aromatic amines is 1. The van der Waals surface area contributed by atoms with Crippen LogP contribution in [0, 0.1) is 0 Å². The summed E-state index contributed by atoms with van der Waals surface area (Å²) in [6, 6.07) is 0.121. The highest BCUT2D eigenvalue weighted by Crippen LogP contribution is 2.33. The molecule has 22 heavy (non-hydrogen) atoms. The fraction of sp³-hybridized carbons (Fsp3) is 0.750. The van der Waals surface area contributed by atoms with E-state index in [2.05, 4.69) is 21.8 Å².